The quantitative estimate of drug-likeness (QED) is 0.741. The summed E-state index contributed by atoms with van der Waals surface area (Å²) in [5.74, 6) is -4.53. The lowest BCUT2D eigenvalue weighted by molar-refractivity contribution is -0.144. The number of hydrogen-bond acceptors (Lipinski definition) is 5. The average molecular weight is 389 g/mol. The Kier molecular flexibility index (Phi) is 6.30. The van der Waals surface area contributed by atoms with Crippen LogP contribution in [0.5, 0.6) is 0 Å². The molecule has 0 saturated carbocycles. The van der Waals surface area contributed by atoms with E-state index in [-0.39, 0.29) is 24.5 Å². The molecule has 1 unspecified atom stereocenters. The van der Waals surface area contributed by atoms with Gasteiger partial charge in [-0.25, -0.2) is 17.2 Å². The number of anilines is 1. The minimum absolute atomic E-state index is 0.0625. The lowest BCUT2D eigenvalue weighted by atomic mass is 10.2. The van der Waals surface area contributed by atoms with Gasteiger partial charge in [-0.3, -0.25) is 9.59 Å². The summed E-state index contributed by atoms with van der Waals surface area (Å²) in [4.78, 5) is 27.7. The third-order valence-electron chi connectivity index (χ3n) is 4.09. The molecule has 0 radical (unpaired) electrons. The van der Waals surface area contributed by atoms with Crippen LogP contribution in [0.25, 0.3) is 0 Å². The van der Waals surface area contributed by atoms with Crippen molar-refractivity contribution in [2.75, 3.05) is 44.0 Å². The third kappa shape index (κ3) is 4.98. The number of para-hydroxylation sites is 1. The van der Waals surface area contributed by atoms with E-state index >= 15 is 0 Å². The SMILES string of the molecule is CN(C)CCN(C(=O)C(=O)Nc1c(F)cccc1F)C1CCS(=O)(=O)C1. The summed E-state index contributed by atoms with van der Waals surface area (Å²) < 4.78 is 50.7. The number of hydrogen-bond donors (Lipinski definition) is 1. The first-order chi connectivity index (χ1) is 12.1. The Morgan fingerprint density at radius 2 is 1.81 bits per heavy atom. The number of benzene rings is 1. The Morgan fingerprint density at radius 1 is 1.19 bits per heavy atom. The van der Waals surface area contributed by atoms with Crippen molar-refractivity contribution in [3.63, 3.8) is 0 Å². The van der Waals surface area contributed by atoms with Crippen molar-refractivity contribution in [1.82, 2.24) is 9.80 Å². The smallest absolute Gasteiger partial charge is 0.314 e. The molecule has 0 bridgehead atoms. The second kappa shape index (κ2) is 8.09. The number of halogens is 2. The highest BCUT2D eigenvalue weighted by molar-refractivity contribution is 7.91. The number of likely N-dealkylation sites (N-methyl/N-ethyl adjacent to an activating group) is 1. The summed E-state index contributed by atoms with van der Waals surface area (Å²) in [6, 6.07) is 2.41. The van der Waals surface area contributed by atoms with E-state index in [0.717, 1.165) is 18.2 Å². The molecule has 1 saturated heterocycles. The van der Waals surface area contributed by atoms with E-state index in [2.05, 4.69) is 0 Å². The Hall–Kier alpha value is -2.07. The van der Waals surface area contributed by atoms with Crippen molar-refractivity contribution in [2.24, 2.45) is 0 Å². The molecule has 1 fully saturated rings. The first-order valence-corrected chi connectivity index (χ1v) is 9.84. The summed E-state index contributed by atoms with van der Waals surface area (Å²) in [5, 5.41) is 1.95. The summed E-state index contributed by atoms with van der Waals surface area (Å²) in [5.41, 5.74) is -0.711. The number of carbonyl (C=O) groups excluding carboxylic acids is 2. The highest BCUT2D eigenvalue weighted by atomic mass is 32.2. The maximum Gasteiger partial charge on any atom is 0.314 e. The third-order valence-corrected chi connectivity index (χ3v) is 5.84. The van der Waals surface area contributed by atoms with Crippen LogP contribution in [0, 0.1) is 11.6 Å². The van der Waals surface area contributed by atoms with Crippen molar-refractivity contribution in [3.05, 3.63) is 29.8 Å². The van der Waals surface area contributed by atoms with E-state index in [1.54, 1.807) is 19.0 Å². The zero-order valence-corrected chi connectivity index (χ0v) is 15.4. The summed E-state index contributed by atoms with van der Waals surface area (Å²) in [6.07, 6.45) is 0.225. The number of nitrogens with zero attached hydrogens (tertiary/aromatic N) is 2. The van der Waals surface area contributed by atoms with Crippen LogP contribution in [0.4, 0.5) is 14.5 Å². The summed E-state index contributed by atoms with van der Waals surface area (Å²) >= 11 is 0. The second-order valence-electron chi connectivity index (χ2n) is 6.41. The van der Waals surface area contributed by atoms with Crippen LogP contribution in [0.3, 0.4) is 0 Å². The van der Waals surface area contributed by atoms with Gasteiger partial charge in [-0.2, -0.15) is 0 Å². The molecule has 1 atom stereocenters. The van der Waals surface area contributed by atoms with Crippen molar-refractivity contribution in [1.29, 1.82) is 0 Å². The van der Waals surface area contributed by atoms with E-state index < -0.39 is 45.0 Å². The maximum absolute atomic E-state index is 13.7. The van der Waals surface area contributed by atoms with Crippen molar-refractivity contribution >= 4 is 27.3 Å². The van der Waals surface area contributed by atoms with Crippen molar-refractivity contribution in [3.8, 4) is 0 Å². The molecule has 1 aliphatic rings. The first-order valence-electron chi connectivity index (χ1n) is 8.02. The molecule has 1 heterocycles. The van der Waals surface area contributed by atoms with Gasteiger partial charge in [0.1, 0.15) is 17.3 Å². The highest BCUT2D eigenvalue weighted by Gasteiger charge is 2.37. The van der Waals surface area contributed by atoms with Gasteiger partial charge in [0, 0.05) is 19.1 Å². The highest BCUT2D eigenvalue weighted by Crippen LogP contribution is 2.20. The second-order valence-corrected chi connectivity index (χ2v) is 8.64. The maximum atomic E-state index is 13.7. The van der Waals surface area contributed by atoms with Gasteiger partial charge >= 0.3 is 11.8 Å². The molecule has 1 aliphatic heterocycles. The van der Waals surface area contributed by atoms with E-state index in [4.69, 9.17) is 0 Å². The standard InChI is InChI=1S/C16H21F2N3O4S/c1-20(2)7-8-21(11-6-9-26(24,25)10-11)16(23)15(22)19-14-12(17)4-3-5-13(14)18/h3-5,11H,6-10H2,1-2H3,(H,19,22). The molecule has 144 valence electrons. The van der Waals surface area contributed by atoms with Crippen LogP contribution in [0.2, 0.25) is 0 Å². The predicted octanol–water partition coefficient (Wildman–Crippen LogP) is 0.481. The van der Waals surface area contributed by atoms with Gasteiger partial charge in [-0.05, 0) is 32.6 Å². The molecule has 1 aromatic rings. The molecule has 10 heteroatoms. The zero-order valence-electron chi connectivity index (χ0n) is 14.5. The lowest BCUT2D eigenvalue weighted by Gasteiger charge is -2.28. The molecule has 7 nitrogen and oxygen atoms in total. The van der Waals surface area contributed by atoms with Crippen LogP contribution in [-0.2, 0) is 19.4 Å². The molecular weight excluding hydrogens is 368 g/mol. The predicted molar refractivity (Wildman–Crippen MR) is 92.3 cm³/mol. The fourth-order valence-corrected chi connectivity index (χ4v) is 4.42. The lowest BCUT2D eigenvalue weighted by Crippen LogP contribution is -2.49. The fourth-order valence-electron chi connectivity index (χ4n) is 2.69. The Labute approximate surface area is 150 Å². The minimum Gasteiger partial charge on any atom is -0.329 e. The molecule has 26 heavy (non-hydrogen) atoms. The van der Waals surface area contributed by atoms with Gasteiger partial charge in [-0.15, -0.1) is 0 Å². The average Bonchev–Trinajstić information content (AvgIpc) is 2.90. The van der Waals surface area contributed by atoms with Crippen LogP contribution in [-0.4, -0.2) is 74.8 Å². The number of carbonyl (C=O) groups is 2. The number of amides is 2. The normalized spacial score (nSPS) is 18.7. The van der Waals surface area contributed by atoms with Gasteiger partial charge < -0.3 is 15.1 Å². The Balaban J connectivity index is 2.18. The minimum atomic E-state index is -3.27. The molecule has 1 N–H and O–H groups in total. The molecule has 2 rings (SSSR count). The number of nitrogens with one attached hydrogen (secondary N) is 1. The number of rotatable bonds is 5. The Bertz CT molecular complexity index is 778. The largest absolute Gasteiger partial charge is 0.329 e. The summed E-state index contributed by atoms with van der Waals surface area (Å²) in [6.45, 7) is 0.531. The van der Waals surface area contributed by atoms with E-state index in [0.29, 0.717) is 6.54 Å². The molecule has 0 spiro atoms. The van der Waals surface area contributed by atoms with Gasteiger partial charge in [-0.1, -0.05) is 6.07 Å². The van der Waals surface area contributed by atoms with E-state index in [1.165, 1.54) is 4.90 Å². The monoisotopic (exact) mass is 389 g/mol. The fraction of sp³-hybridized carbons (Fsp3) is 0.500. The van der Waals surface area contributed by atoms with Gasteiger partial charge in [0.25, 0.3) is 0 Å². The molecule has 2 amide bonds. The van der Waals surface area contributed by atoms with Crippen LogP contribution >= 0.6 is 0 Å². The van der Waals surface area contributed by atoms with Crippen LogP contribution in [0.1, 0.15) is 6.42 Å². The first kappa shape index (κ1) is 20.2. The van der Waals surface area contributed by atoms with Gasteiger partial charge in [0.15, 0.2) is 9.84 Å². The van der Waals surface area contributed by atoms with Crippen molar-refractivity contribution in [2.45, 2.75) is 12.5 Å². The zero-order chi connectivity index (χ0) is 19.5. The van der Waals surface area contributed by atoms with Crippen LogP contribution < -0.4 is 5.32 Å². The molecular formula is C16H21F2N3O4S. The number of sulfone groups is 1. The molecule has 0 aliphatic carbocycles. The summed E-state index contributed by atoms with van der Waals surface area (Å²) in [7, 11) is 0.264. The van der Waals surface area contributed by atoms with Gasteiger partial charge in [0.05, 0.1) is 11.5 Å². The molecule has 1 aromatic carbocycles. The Morgan fingerprint density at radius 3 is 2.31 bits per heavy atom. The van der Waals surface area contributed by atoms with E-state index in [9.17, 15) is 26.8 Å². The van der Waals surface area contributed by atoms with Crippen molar-refractivity contribution < 1.29 is 26.8 Å². The van der Waals surface area contributed by atoms with Crippen LogP contribution in [0.15, 0.2) is 18.2 Å². The van der Waals surface area contributed by atoms with E-state index in [1.807, 2.05) is 5.32 Å². The topological polar surface area (TPSA) is 86.8 Å². The molecule has 0 aromatic heterocycles. The van der Waals surface area contributed by atoms with Gasteiger partial charge in [0.2, 0.25) is 0 Å².